The van der Waals surface area contributed by atoms with Crippen LogP contribution in [0.4, 0.5) is 0 Å². The lowest BCUT2D eigenvalue weighted by Gasteiger charge is -2.34. The first-order valence-corrected chi connectivity index (χ1v) is 11.9. The minimum Gasteiger partial charge on any atom is -0.497 e. The molecule has 2 heterocycles. The zero-order valence-corrected chi connectivity index (χ0v) is 18.0. The van der Waals surface area contributed by atoms with Crippen molar-refractivity contribution in [3.05, 3.63) is 41.8 Å². The minimum atomic E-state index is -3.47. The maximum Gasteiger partial charge on any atom is 0.257 e. The molecule has 7 nitrogen and oxygen atoms in total. The van der Waals surface area contributed by atoms with Gasteiger partial charge in [0.1, 0.15) is 15.7 Å². The van der Waals surface area contributed by atoms with Gasteiger partial charge in [-0.1, -0.05) is 12.5 Å². The molecule has 1 atom stereocenters. The molecule has 1 unspecified atom stereocenters. The van der Waals surface area contributed by atoms with Crippen LogP contribution >= 0.6 is 11.3 Å². The van der Waals surface area contributed by atoms with Gasteiger partial charge in [0.25, 0.3) is 15.9 Å². The summed E-state index contributed by atoms with van der Waals surface area (Å²) in [5.74, 6) is 1.07. The summed E-state index contributed by atoms with van der Waals surface area (Å²) in [6.45, 7) is 0.847. The van der Waals surface area contributed by atoms with Gasteiger partial charge in [-0.3, -0.25) is 4.79 Å². The Kier molecular flexibility index (Phi) is 7.51. The van der Waals surface area contributed by atoms with Crippen molar-refractivity contribution in [1.82, 2.24) is 9.62 Å². The summed E-state index contributed by atoms with van der Waals surface area (Å²) in [4.78, 5) is 12.1. The first-order chi connectivity index (χ1) is 14.0. The Hall–Kier alpha value is -2.10. The van der Waals surface area contributed by atoms with Gasteiger partial charge in [-0.15, -0.1) is 11.3 Å². The van der Waals surface area contributed by atoms with E-state index in [1.807, 2.05) is 0 Å². The topological polar surface area (TPSA) is 84.9 Å². The second-order valence-electron chi connectivity index (χ2n) is 6.80. The standard InChI is InChI=1S/C20H26N2O5S2/c1-26-17-7-9-18(10-8-17)27-15-19(23)21-12-11-16-5-2-3-13-22(16)29(24,25)20-6-4-14-28-20/h4,6-10,14,16H,2-3,5,11-13,15H2,1H3,(H,21,23). The molecule has 1 N–H and O–H groups in total. The molecule has 2 aromatic rings. The second-order valence-corrected chi connectivity index (χ2v) is 9.87. The summed E-state index contributed by atoms with van der Waals surface area (Å²) in [5.41, 5.74) is 0. The van der Waals surface area contributed by atoms with Crippen LogP contribution in [0.3, 0.4) is 0 Å². The molecular weight excluding hydrogens is 412 g/mol. The van der Waals surface area contributed by atoms with Crippen LogP contribution in [-0.2, 0) is 14.8 Å². The van der Waals surface area contributed by atoms with Gasteiger partial charge in [-0.25, -0.2) is 8.42 Å². The number of benzene rings is 1. The second kappa shape index (κ2) is 10.1. The highest BCUT2D eigenvalue weighted by atomic mass is 32.2. The summed E-state index contributed by atoms with van der Waals surface area (Å²) >= 11 is 1.24. The van der Waals surface area contributed by atoms with E-state index >= 15 is 0 Å². The van der Waals surface area contributed by atoms with Crippen LogP contribution in [0.25, 0.3) is 0 Å². The van der Waals surface area contributed by atoms with E-state index in [0.29, 0.717) is 29.5 Å². The van der Waals surface area contributed by atoms with Crippen molar-refractivity contribution in [1.29, 1.82) is 0 Å². The molecule has 0 bridgehead atoms. The maximum atomic E-state index is 12.9. The molecule has 29 heavy (non-hydrogen) atoms. The number of piperidine rings is 1. The molecule has 0 spiro atoms. The number of nitrogens with zero attached hydrogens (tertiary/aromatic N) is 1. The summed E-state index contributed by atoms with van der Waals surface area (Å²) in [5, 5.41) is 4.59. The number of rotatable bonds is 9. The Bertz CT molecular complexity index is 882. The maximum absolute atomic E-state index is 12.9. The average molecular weight is 439 g/mol. The third kappa shape index (κ3) is 5.71. The van der Waals surface area contributed by atoms with Crippen LogP contribution in [0.15, 0.2) is 46.0 Å². The van der Waals surface area contributed by atoms with Crippen molar-refractivity contribution < 1.29 is 22.7 Å². The van der Waals surface area contributed by atoms with E-state index < -0.39 is 10.0 Å². The molecule has 158 valence electrons. The molecule has 1 aromatic heterocycles. The van der Waals surface area contributed by atoms with E-state index in [4.69, 9.17) is 9.47 Å². The zero-order valence-electron chi connectivity index (χ0n) is 16.4. The van der Waals surface area contributed by atoms with Gasteiger partial charge in [0.05, 0.1) is 7.11 Å². The third-order valence-electron chi connectivity index (χ3n) is 4.86. The fourth-order valence-corrected chi connectivity index (χ4v) is 6.20. The predicted octanol–water partition coefficient (Wildman–Crippen LogP) is 2.89. The Morgan fingerprint density at radius 2 is 1.97 bits per heavy atom. The number of carbonyl (C=O) groups excluding carboxylic acids is 1. The summed E-state index contributed by atoms with van der Waals surface area (Å²) in [6, 6.07) is 10.3. The largest absolute Gasteiger partial charge is 0.497 e. The molecule has 1 amide bonds. The number of methoxy groups -OCH3 is 1. The quantitative estimate of drug-likeness (QED) is 0.651. The molecule has 0 radical (unpaired) electrons. The number of carbonyl (C=O) groups is 1. The molecular formula is C20H26N2O5S2. The first-order valence-electron chi connectivity index (χ1n) is 9.59. The lowest BCUT2D eigenvalue weighted by atomic mass is 10.0. The highest BCUT2D eigenvalue weighted by Gasteiger charge is 2.33. The van der Waals surface area contributed by atoms with Crippen molar-refractivity contribution in [3.63, 3.8) is 0 Å². The molecule has 3 rings (SSSR count). The average Bonchev–Trinajstić information content (AvgIpc) is 3.29. The molecule has 1 fully saturated rings. The monoisotopic (exact) mass is 438 g/mol. The number of hydrogen-bond donors (Lipinski definition) is 1. The Labute approximate surface area is 175 Å². The lowest BCUT2D eigenvalue weighted by molar-refractivity contribution is -0.123. The van der Waals surface area contributed by atoms with Crippen molar-refractivity contribution in [2.75, 3.05) is 26.8 Å². The molecule has 1 saturated heterocycles. The van der Waals surface area contributed by atoms with Crippen LogP contribution < -0.4 is 14.8 Å². The third-order valence-corrected chi connectivity index (χ3v) is 8.19. The highest BCUT2D eigenvalue weighted by molar-refractivity contribution is 7.91. The highest BCUT2D eigenvalue weighted by Crippen LogP contribution is 2.29. The molecule has 1 aliphatic heterocycles. The normalized spacial score (nSPS) is 17.6. The van der Waals surface area contributed by atoms with Gasteiger partial charge in [0.15, 0.2) is 6.61 Å². The number of hydrogen-bond acceptors (Lipinski definition) is 6. The van der Waals surface area contributed by atoms with Gasteiger partial charge in [-0.2, -0.15) is 4.31 Å². The van der Waals surface area contributed by atoms with Gasteiger partial charge in [-0.05, 0) is 55.0 Å². The van der Waals surface area contributed by atoms with Crippen molar-refractivity contribution in [2.45, 2.75) is 35.9 Å². The molecule has 1 aromatic carbocycles. The van der Waals surface area contributed by atoms with E-state index in [1.165, 1.54) is 11.3 Å². The van der Waals surface area contributed by atoms with Crippen molar-refractivity contribution in [2.24, 2.45) is 0 Å². The Balaban J connectivity index is 1.47. The van der Waals surface area contributed by atoms with Crippen LogP contribution in [-0.4, -0.2) is 51.5 Å². The van der Waals surface area contributed by atoms with Crippen LogP contribution in [0.1, 0.15) is 25.7 Å². The van der Waals surface area contributed by atoms with Crippen LogP contribution in [0, 0.1) is 0 Å². The van der Waals surface area contributed by atoms with E-state index in [1.54, 1.807) is 53.2 Å². The number of ether oxygens (including phenoxy) is 2. The predicted molar refractivity (Wildman–Crippen MR) is 112 cm³/mol. The number of nitrogens with one attached hydrogen (secondary N) is 1. The van der Waals surface area contributed by atoms with Crippen LogP contribution in [0.5, 0.6) is 11.5 Å². The van der Waals surface area contributed by atoms with Gasteiger partial charge >= 0.3 is 0 Å². The van der Waals surface area contributed by atoms with Gasteiger partial charge in [0, 0.05) is 19.1 Å². The molecule has 0 saturated carbocycles. The molecule has 1 aliphatic rings. The minimum absolute atomic E-state index is 0.0891. The number of thiophene rings is 1. The smallest absolute Gasteiger partial charge is 0.257 e. The first kappa shape index (κ1) is 21.6. The van der Waals surface area contributed by atoms with Crippen molar-refractivity contribution >= 4 is 27.3 Å². The van der Waals surface area contributed by atoms with Crippen molar-refractivity contribution in [3.8, 4) is 11.5 Å². The summed E-state index contributed by atoms with van der Waals surface area (Å²) < 4.78 is 38.3. The van der Waals surface area contributed by atoms with E-state index in [9.17, 15) is 13.2 Å². The fraction of sp³-hybridized carbons (Fsp3) is 0.450. The molecule has 0 aliphatic carbocycles. The van der Waals surface area contributed by atoms with E-state index in [0.717, 1.165) is 25.0 Å². The lowest BCUT2D eigenvalue weighted by Crippen LogP contribution is -2.45. The number of sulfonamides is 1. The van der Waals surface area contributed by atoms with Gasteiger partial charge < -0.3 is 14.8 Å². The summed E-state index contributed by atoms with van der Waals surface area (Å²) in [6.07, 6.45) is 3.25. The molecule has 9 heteroatoms. The fourth-order valence-electron chi connectivity index (χ4n) is 3.35. The zero-order chi connectivity index (χ0) is 20.7. The summed E-state index contributed by atoms with van der Waals surface area (Å²) in [7, 11) is -1.88. The Morgan fingerprint density at radius 3 is 2.66 bits per heavy atom. The van der Waals surface area contributed by atoms with E-state index in [2.05, 4.69) is 5.32 Å². The number of amides is 1. The Morgan fingerprint density at radius 1 is 1.21 bits per heavy atom. The van der Waals surface area contributed by atoms with Crippen LogP contribution in [0.2, 0.25) is 0 Å². The van der Waals surface area contributed by atoms with E-state index in [-0.39, 0.29) is 18.6 Å². The van der Waals surface area contributed by atoms with Gasteiger partial charge in [0.2, 0.25) is 0 Å². The SMILES string of the molecule is COc1ccc(OCC(=O)NCCC2CCCCN2S(=O)(=O)c2cccs2)cc1.